The molecule has 3 aromatic rings. The molecule has 0 amide bonds. The van der Waals surface area contributed by atoms with Crippen molar-refractivity contribution in [1.82, 2.24) is 4.98 Å². The molecule has 0 atom stereocenters. The lowest BCUT2D eigenvalue weighted by Gasteiger charge is -2.10. The largest absolute Gasteiger partial charge is 0.354 e. The monoisotopic (exact) mass is 373 g/mol. The van der Waals surface area contributed by atoms with Gasteiger partial charge in [0.25, 0.3) is 0 Å². The van der Waals surface area contributed by atoms with Gasteiger partial charge in [-0.1, -0.05) is 23.7 Å². The molecule has 0 saturated carbocycles. The van der Waals surface area contributed by atoms with Crippen LogP contribution >= 0.6 is 11.6 Å². The van der Waals surface area contributed by atoms with Crippen LogP contribution in [0.5, 0.6) is 0 Å². The van der Waals surface area contributed by atoms with Crippen molar-refractivity contribution in [2.24, 2.45) is 0 Å². The van der Waals surface area contributed by atoms with E-state index in [0.29, 0.717) is 10.7 Å². The summed E-state index contributed by atoms with van der Waals surface area (Å²) in [5.41, 5.74) is 3.96. The van der Waals surface area contributed by atoms with E-state index in [9.17, 15) is 8.42 Å². The van der Waals surface area contributed by atoms with Gasteiger partial charge in [0, 0.05) is 28.2 Å². The highest BCUT2D eigenvalue weighted by Gasteiger charge is 2.05. The first-order chi connectivity index (χ1) is 11.9. The first-order valence-electron chi connectivity index (χ1n) is 7.45. The fourth-order valence-electron chi connectivity index (χ4n) is 2.34. The Morgan fingerprint density at radius 3 is 2.32 bits per heavy atom. The Balaban J connectivity index is 1.86. The number of sulfonamides is 1. The number of pyridine rings is 1. The number of hydrogen-bond donors (Lipinski definition) is 2. The summed E-state index contributed by atoms with van der Waals surface area (Å²) >= 11 is 5.89. The normalized spacial score (nSPS) is 11.1. The molecule has 0 aliphatic carbocycles. The van der Waals surface area contributed by atoms with Crippen molar-refractivity contribution < 1.29 is 8.42 Å². The summed E-state index contributed by atoms with van der Waals surface area (Å²) < 4.78 is 25.2. The number of anilines is 3. The summed E-state index contributed by atoms with van der Waals surface area (Å²) in [7, 11) is -3.32. The van der Waals surface area contributed by atoms with Crippen LogP contribution in [-0.2, 0) is 10.0 Å². The van der Waals surface area contributed by atoms with Crippen molar-refractivity contribution in [3.8, 4) is 11.1 Å². The maximum Gasteiger partial charge on any atom is 0.229 e. The van der Waals surface area contributed by atoms with Gasteiger partial charge in [0.2, 0.25) is 10.0 Å². The third-order valence-corrected chi connectivity index (χ3v) is 4.23. The lowest BCUT2D eigenvalue weighted by atomic mass is 10.1. The minimum absolute atomic E-state index is 0.510. The Bertz CT molecular complexity index is 989. The summed E-state index contributed by atoms with van der Waals surface area (Å²) in [6.07, 6.45) is 4.57. The number of hydrogen-bond acceptors (Lipinski definition) is 4. The fourth-order valence-corrected chi connectivity index (χ4v) is 3.02. The molecule has 25 heavy (non-hydrogen) atoms. The van der Waals surface area contributed by atoms with Crippen LogP contribution in [0.1, 0.15) is 0 Å². The smallest absolute Gasteiger partial charge is 0.229 e. The van der Waals surface area contributed by atoms with Crippen LogP contribution in [0, 0.1) is 0 Å². The van der Waals surface area contributed by atoms with Gasteiger partial charge < -0.3 is 5.32 Å². The van der Waals surface area contributed by atoms with Gasteiger partial charge in [0.05, 0.1) is 18.1 Å². The number of benzene rings is 2. The summed E-state index contributed by atoms with van der Waals surface area (Å²) in [5.74, 6) is 0. The van der Waals surface area contributed by atoms with Crippen molar-refractivity contribution in [2.45, 2.75) is 0 Å². The highest BCUT2D eigenvalue weighted by molar-refractivity contribution is 7.92. The van der Waals surface area contributed by atoms with Gasteiger partial charge in [0.15, 0.2) is 0 Å². The number of nitrogens with one attached hydrogen (secondary N) is 2. The first kappa shape index (κ1) is 17.3. The lowest BCUT2D eigenvalue weighted by molar-refractivity contribution is 0.607. The van der Waals surface area contributed by atoms with E-state index < -0.39 is 10.0 Å². The molecule has 0 spiro atoms. The summed E-state index contributed by atoms with van der Waals surface area (Å²) in [6, 6.07) is 16.5. The zero-order valence-corrected chi connectivity index (χ0v) is 15.0. The second kappa shape index (κ2) is 7.13. The van der Waals surface area contributed by atoms with Crippen LogP contribution in [0.3, 0.4) is 0 Å². The fraction of sp³-hybridized carbons (Fsp3) is 0.0556. The van der Waals surface area contributed by atoms with E-state index in [4.69, 9.17) is 11.6 Å². The van der Waals surface area contributed by atoms with Crippen molar-refractivity contribution in [3.05, 3.63) is 72.0 Å². The molecular weight excluding hydrogens is 358 g/mol. The van der Waals surface area contributed by atoms with Crippen LogP contribution in [0.25, 0.3) is 11.1 Å². The molecule has 0 aliphatic rings. The molecule has 1 heterocycles. The predicted octanol–water partition coefficient (Wildman–Crippen LogP) is 4.52. The molecule has 7 heteroatoms. The van der Waals surface area contributed by atoms with Crippen LogP contribution < -0.4 is 10.0 Å². The van der Waals surface area contributed by atoms with Crippen molar-refractivity contribution in [1.29, 1.82) is 0 Å². The van der Waals surface area contributed by atoms with Crippen LogP contribution in [0.4, 0.5) is 17.1 Å². The molecule has 5 nitrogen and oxygen atoms in total. The third-order valence-electron chi connectivity index (χ3n) is 3.37. The molecule has 0 radical (unpaired) electrons. The molecule has 0 saturated heterocycles. The van der Waals surface area contributed by atoms with Gasteiger partial charge in [-0.2, -0.15) is 0 Å². The van der Waals surface area contributed by atoms with Crippen molar-refractivity contribution in [3.63, 3.8) is 0 Å². The average molecular weight is 374 g/mol. The molecular formula is C18H16ClN3O2S. The number of rotatable bonds is 5. The van der Waals surface area contributed by atoms with Gasteiger partial charge in [-0.15, -0.1) is 0 Å². The van der Waals surface area contributed by atoms with E-state index in [-0.39, 0.29) is 0 Å². The number of aromatic nitrogens is 1. The van der Waals surface area contributed by atoms with Gasteiger partial charge >= 0.3 is 0 Å². The summed E-state index contributed by atoms with van der Waals surface area (Å²) in [6.45, 7) is 0. The van der Waals surface area contributed by atoms with Gasteiger partial charge in [-0.05, 0) is 48.0 Å². The molecule has 0 unspecified atom stereocenters. The molecule has 0 bridgehead atoms. The van der Waals surface area contributed by atoms with Crippen LogP contribution in [0.2, 0.25) is 5.02 Å². The van der Waals surface area contributed by atoms with E-state index in [0.717, 1.165) is 28.8 Å². The Morgan fingerprint density at radius 1 is 0.880 bits per heavy atom. The van der Waals surface area contributed by atoms with E-state index in [1.54, 1.807) is 30.6 Å². The summed E-state index contributed by atoms with van der Waals surface area (Å²) in [4.78, 5) is 4.25. The quantitative estimate of drug-likeness (QED) is 0.689. The van der Waals surface area contributed by atoms with E-state index in [1.165, 1.54) is 0 Å². The van der Waals surface area contributed by atoms with Crippen LogP contribution in [-0.4, -0.2) is 19.7 Å². The van der Waals surface area contributed by atoms with Crippen molar-refractivity contribution >= 4 is 38.7 Å². The molecule has 3 rings (SSSR count). The van der Waals surface area contributed by atoms with Gasteiger partial charge in [0.1, 0.15) is 0 Å². The SMILES string of the molecule is CS(=O)(=O)Nc1cccc(-c2cncc(Nc3ccc(Cl)cc3)c2)c1. The topological polar surface area (TPSA) is 71.1 Å². The van der Waals surface area contributed by atoms with Crippen molar-refractivity contribution in [2.75, 3.05) is 16.3 Å². The standard InChI is InChI=1S/C18H16ClN3O2S/c1-25(23,24)22-17-4-2-3-13(9-17)14-10-18(12-20-11-14)21-16-7-5-15(19)6-8-16/h2-12,21-22H,1H3. The molecule has 2 N–H and O–H groups in total. The Morgan fingerprint density at radius 2 is 1.60 bits per heavy atom. The van der Waals surface area contributed by atoms with Gasteiger partial charge in [-0.25, -0.2) is 8.42 Å². The third kappa shape index (κ3) is 4.95. The predicted molar refractivity (Wildman–Crippen MR) is 103 cm³/mol. The lowest BCUT2D eigenvalue weighted by Crippen LogP contribution is -2.09. The number of halogens is 1. The van der Waals surface area contributed by atoms with Crippen LogP contribution in [0.15, 0.2) is 67.0 Å². The van der Waals surface area contributed by atoms with Gasteiger partial charge in [-0.3, -0.25) is 9.71 Å². The van der Waals surface area contributed by atoms with E-state index in [1.807, 2.05) is 36.4 Å². The molecule has 2 aromatic carbocycles. The molecule has 128 valence electrons. The van der Waals surface area contributed by atoms with E-state index in [2.05, 4.69) is 15.0 Å². The highest BCUT2D eigenvalue weighted by atomic mass is 35.5. The Kier molecular flexibility index (Phi) is 4.92. The molecule has 0 aliphatic heterocycles. The maximum absolute atomic E-state index is 11.4. The number of nitrogens with zero attached hydrogens (tertiary/aromatic N) is 1. The second-order valence-corrected chi connectivity index (χ2v) is 7.73. The zero-order chi connectivity index (χ0) is 17.9. The summed E-state index contributed by atoms with van der Waals surface area (Å²) in [5, 5.41) is 3.94. The Hall–Kier alpha value is -2.57. The maximum atomic E-state index is 11.4. The zero-order valence-electron chi connectivity index (χ0n) is 13.4. The second-order valence-electron chi connectivity index (χ2n) is 5.55. The highest BCUT2D eigenvalue weighted by Crippen LogP contribution is 2.26. The Labute approximate surface area is 151 Å². The average Bonchev–Trinajstić information content (AvgIpc) is 2.56. The van der Waals surface area contributed by atoms with E-state index >= 15 is 0 Å². The minimum Gasteiger partial charge on any atom is -0.354 e. The minimum atomic E-state index is -3.32. The molecule has 1 aromatic heterocycles. The first-order valence-corrected chi connectivity index (χ1v) is 9.72. The molecule has 0 fully saturated rings.